The summed E-state index contributed by atoms with van der Waals surface area (Å²) >= 11 is 0. The van der Waals surface area contributed by atoms with Gasteiger partial charge in [0.15, 0.2) is 0 Å². The molecule has 0 aliphatic heterocycles. The van der Waals surface area contributed by atoms with Gasteiger partial charge in [-0.25, -0.2) is 4.68 Å². The average molecular weight is 444 g/mol. The van der Waals surface area contributed by atoms with Gasteiger partial charge in [0.1, 0.15) is 5.82 Å². The molecule has 0 unspecified atom stereocenters. The van der Waals surface area contributed by atoms with Gasteiger partial charge in [-0.1, -0.05) is 57.2 Å². The fraction of sp³-hybridized carbons (Fsp3) is 0.296. The quantitative estimate of drug-likeness (QED) is 0.534. The summed E-state index contributed by atoms with van der Waals surface area (Å²) in [6, 6.07) is 15.4. The Bertz CT molecular complexity index is 1230. The summed E-state index contributed by atoms with van der Waals surface area (Å²) in [7, 11) is 0. The molecule has 0 bridgehead atoms. The first kappa shape index (κ1) is 22.5. The number of carbonyl (C=O) groups is 2. The van der Waals surface area contributed by atoms with Crippen molar-refractivity contribution >= 4 is 23.8 Å². The van der Waals surface area contributed by atoms with Crippen molar-refractivity contribution in [2.75, 3.05) is 5.32 Å². The molecule has 0 spiro atoms. The highest BCUT2D eigenvalue weighted by Gasteiger charge is 2.23. The Kier molecular flexibility index (Phi) is 6.18. The molecule has 3 aromatic rings. The number of carbonyl (C=O) groups excluding carboxylic acids is 1. The lowest BCUT2D eigenvalue weighted by molar-refractivity contribution is -0.136. The van der Waals surface area contributed by atoms with Crippen molar-refractivity contribution in [2.45, 2.75) is 51.9 Å². The lowest BCUT2D eigenvalue weighted by Gasteiger charge is -2.15. The van der Waals surface area contributed by atoms with Crippen LogP contribution in [0.4, 0.5) is 5.82 Å². The zero-order valence-corrected chi connectivity index (χ0v) is 19.3. The number of amides is 1. The standard InChI is InChI=1S/C27H29N3O3/c1-27(2,3)23-17-24(28-26(33)22-13-7-10-19-9-4-5-12-21(19)22)30(29-23)20-11-6-8-18(16-20)14-15-25(31)32/h5-8,10-13,16-17H,4,9,14-15H2,1-3H3,(H,28,33)(H,31,32). The van der Waals surface area contributed by atoms with Crippen LogP contribution in [-0.2, 0) is 23.1 Å². The predicted molar refractivity (Wildman–Crippen MR) is 130 cm³/mol. The number of nitrogens with one attached hydrogen (secondary N) is 1. The van der Waals surface area contributed by atoms with Gasteiger partial charge in [0.25, 0.3) is 5.91 Å². The van der Waals surface area contributed by atoms with Crippen molar-refractivity contribution in [3.8, 4) is 5.69 Å². The number of hydrogen-bond acceptors (Lipinski definition) is 3. The molecule has 33 heavy (non-hydrogen) atoms. The van der Waals surface area contributed by atoms with Crippen LogP contribution in [0.3, 0.4) is 0 Å². The van der Waals surface area contributed by atoms with Crippen molar-refractivity contribution in [2.24, 2.45) is 0 Å². The fourth-order valence-corrected chi connectivity index (χ4v) is 3.98. The number of aliphatic carboxylic acids is 1. The Labute approximate surface area is 194 Å². The first-order valence-electron chi connectivity index (χ1n) is 11.2. The van der Waals surface area contributed by atoms with Gasteiger partial charge < -0.3 is 10.4 Å². The number of fused-ring (bicyclic) bond motifs is 1. The van der Waals surface area contributed by atoms with Crippen LogP contribution in [0.1, 0.15) is 66.4 Å². The van der Waals surface area contributed by atoms with Crippen molar-refractivity contribution in [3.63, 3.8) is 0 Å². The van der Waals surface area contributed by atoms with Gasteiger partial charge in [-0.3, -0.25) is 9.59 Å². The summed E-state index contributed by atoms with van der Waals surface area (Å²) in [5.41, 5.74) is 5.12. The number of aryl methyl sites for hydroxylation is 2. The Morgan fingerprint density at radius 2 is 1.91 bits per heavy atom. The molecular weight excluding hydrogens is 414 g/mol. The first-order chi connectivity index (χ1) is 15.7. The molecule has 2 aromatic carbocycles. The minimum atomic E-state index is -0.831. The van der Waals surface area contributed by atoms with Crippen LogP contribution in [0.25, 0.3) is 11.8 Å². The summed E-state index contributed by atoms with van der Waals surface area (Å²) in [6.07, 6.45) is 6.54. The molecule has 1 aliphatic rings. The number of anilines is 1. The Balaban J connectivity index is 1.70. The normalized spacial score (nSPS) is 12.9. The van der Waals surface area contributed by atoms with Gasteiger partial charge >= 0.3 is 5.97 Å². The smallest absolute Gasteiger partial charge is 0.303 e. The number of nitrogens with zero attached hydrogens (tertiary/aromatic N) is 2. The van der Waals surface area contributed by atoms with E-state index in [4.69, 9.17) is 10.2 Å². The highest BCUT2D eigenvalue weighted by atomic mass is 16.4. The second-order valence-corrected chi connectivity index (χ2v) is 9.41. The molecular formula is C27H29N3O3. The zero-order valence-electron chi connectivity index (χ0n) is 19.3. The second kappa shape index (κ2) is 9.06. The minimum Gasteiger partial charge on any atom is -0.481 e. The van der Waals surface area contributed by atoms with E-state index in [0.29, 0.717) is 17.8 Å². The van der Waals surface area contributed by atoms with Gasteiger partial charge in [-0.2, -0.15) is 5.10 Å². The number of rotatable bonds is 6. The monoisotopic (exact) mass is 443 g/mol. The first-order valence-corrected chi connectivity index (χ1v) is 11.2. The van der Waals surface area contributed by atoms with Crippen molar-refractivity contribution in [1.29, 1.82) is 0 Å². The number of aromatic nitrogens is 2. The van der Waals surface area contributed by atoms with Crippen LogP contribution < -0.4 is 5.32 Å². The molecule has 1 heterocycles. The molecule has 0 fully saturated rings. The topological polar surface area (TPSA) is 84.2 Å². The third kappa shape index (κ3) is 5.06. The van der Waals surface area contributed by atoms with Gasteiger partial charge in [-0.05, 0) is 54.2 Å². The number of carboxylic acids is 1. The van der Waals surface area contributed by atoms with Gasteiger partial charge in [0.05, 0.1) is 11.4 Å². The maximum atomic E-state index is 13.3. The fourth-order valence-electron chi connectivity index (χ4n) is 3.98. The van der Waals surface area contributed by atoms with E-state index in [1.807, 2.05) is 48.5 Å². The number of benzene rings is 2. The van der Waals surface area contributed by atoms with E-state index in [0.717, 1.165) is 35.3 Å². The molecule has 6 nitrogen and oxygen atoms in total. The maximum absolute atomic E-state index is 13.3. The SMILES string of the molecule is CC(C)(C)c1cc(NC(=O)c2cccc3c2C=CCC3)n(-c2cccc(CCC(=O)O)c2)n1. The van der Waals surface area contributed by atoms with Crippen LogP contribution in [0.2, 0.25) is 0 Å². The zero-order chi connectivity index (χ0) is 23.6. The second-order valence-electron chi connectivity index (χ2n) is 9.41. The summed E-state index contributed by atoms with van der Waals surface area (Å²) in [5.74, 6) is -0.428. The van der Waals surface area contributed by atoms with E-state index >= 15 is 0 Å². The molecule has 2 N–H and O–H groups in total. The van der Waals surface area contributed by atoms with E-state index in [9.17, 15) is 9.59 Å². The highest BCUT2D eigenvalue weighted by Crippen LogP contribution is 2.28. The molecule has 0 radical (unpaired) electrons. The lowest BCUT2D eigenvalue weighted by atomic mass is 9.92. The van der Waals surface area contributed by atoms with Gasteiger partial charge in [-0.15, -0.1) is 0 Å². The Hall–Kier alpha value is -3.67. The third-order valence-electron chi connectivity index (χ3n) is 5.81. The summed E-state index contributed by atoms with van der Waals surface area (Å²) in [6.45, 7) is 6.23. The lowest BCUT2D eigenvalue weighted by Crippen LogP contribution is -2.17. The van der Waals surface area contributed by atoms with Crippen molar-refractivity contribution in [3.05, 3.63) is 82.6 Å². The van der Waals surface area contributed by atoms with Crippen molar-refractivity contribution in [1.82, 2.24) is 9.78 Å². The number of hydrogen-bond donors (Lipinski definition) is 2. The minimum absolute atomic E-state index is 0.0615. The van der Waals surface area contributed by atoms with Crippen LogP contribution >= 0.6 is 0 Å². The molecule has 0 atom stereocenters. The molecule has 1 amide bonds. The third-order valence-corrected chi connectivity index (χ3v) is 5.81. The van der Waals surface area contributed by atoms with E-state index in [1.165, 1.54) is 5.56 Å². The molecule has 6 heteroatoms. The molecule has 0 saturated heterocycles. The highest BCUT2D eigenvalue weighted by molar-refractivity contribution is 6.06. The largest absolute Gasteiger partial charge is 0.481 e. The Morgan fingerprint density at radius 1 is 1.12 bits per heavy atom. The van der Waals surface area contributed by atoms with Crippen LogP contribution in [0, 0.1) is 0 Å². The summed E-state index contributed by atoms with van der Waals surface area (Å²) < 4.78 is 1.73. The van der Waals surface area contributed by atoms with Gasteiger partial charge in [0.2, 0.25) is 0 Å². The van der Waals surface area contributed by atoms with E-state index < -0.39 is 5.97 Å². The molecule has 0 saturated carbocycles. The maximum Gasteiger partial charge on any atom is 0.303 e. The Morgan fingerprint density at radius 3 is 2.67 bits per heavy atom. The summed E-state index contributed by atoms with van der Waals surface area (Å²) in [4.78, 5) is 24.3. The van der Waals surface area contributed by atoms with E-state index in [1.54, 1.807) is 4.68 Å². The average Bonchev–Trinajstić information content (AvgIpc) is 3.22. The molecule has 1 aromatic heterocycles. The number of allylic oxidation sites excluding steroid dienone is 1. The molecule has 4 rings (SSSR count). The summed E-state index contributed by atoms with van der Waals surface area (Å²) in [5, 5.41) is 16.9. The van der Waals surface area contributed by atoms with Crippen LogP contribution in [0.5, 0.6) is 0 Å². The van der Waals surface area contributed by atoms with Gasteiger partial charge in [0, 0.05) is 23.5 Å². The van der Waals surface area contributed by atoms with Crippen LogP contribution in [-0.4, -0.2) is 26.8 Å². The van der Waals surface area contributed by atoms with Crippen LogP contribution in [0.15, 0.2) is 54.6 Å². The van der Waals surface area contributed by atoms with E-state index in [-0.39, 0.29) is 17.7 Å². The van der Waals surface area contributed by atoms with Crippen molar-refractivity contribution < 1.29 is 14.7 Å². The molecule has 1 aliphatic carbocycles. The number of carboxylic acid groups (broad SMARTS) is 1. The van der Waals surface area contributed by atoms with E-state index in [2.05, 4.69) is 38.2 Å². The molecule has 170 valence electrons. The predicted octanol–water partition coefficient (Wildman–Crippen LogP) is 5.40.